The number of rotatable bonds is 3. The topological polar surface area (TPSA) is 69.9 Å². The summed E-state index contributed by atoms with van der Waals surface area (Å²) in [6.45, 7) is 2.66. The quantitative estimate of drug-likeness (QED) is 0.717. The van der Waals surface area contributed by atoms with Crippen molar-refractivity contribution < 1.29 is 9.53 Å². The molecule has 0 saturated carbocycles. The summed E-state index contributed by atoms with van der Waals surface area (Å²) in [6.07, 6.45) is 4.81. The summed E-state index contributed by atoms with van der Waals surface area (Å²) in [5.74, 6) is 0.782. The zero-order valence-electron chi connectivity index (χ0n) is 8.85. The van der Waals surface area contributed by atoms with E-state index in [0.717, 1.165) is 5.82 Å². The zero-order valence-corrected chi connectivity index (χ0v) is 8.85. The van der Waals surface area contributed by atoms with E-state index < -0.39 is 0 Å². The van der Waals surface area contributed by atoms with Gasteiger partial charge in [0.1, 0.15) is 12.7 Å². The minimum absolute atomic E-state index is 0.431. The second-order valence-corrected chi connectivity index (χ2v) is 2.58. The second kappa shape index (κ2) is 7.10. The maximum absolute atomic E-state index is 9.18. The van der Waals surface area contributed by atoms with Crippen molar-refractivity contribution in [1.29, 1.82) is 0 Å². The van der Waals surface area contributed by atoms with E-state index in [1.54, 1.807) is 24.1 Å². The van der Waals surface area contributed by atoms with Crippen molar-refractivity contribution in [2.45, 2.75) is 6.92 Å². The minimum Gasteiger partial charge on any atom is -0.468 e. The van der Waals surface area contributed by atoms with E-state index in [9.17, 15) is 4.79 Å². The van der Waals surface area contributed by atoms with E-state index >= 15 is 0 Å². The summed E-state index contributed by atoms with van der Waals surface area (Å²) < 4.78 is 5.76. The molecule has 0 amide bonds. The first-order chi connectivity index (χ1) is 7.88. The average molecular weight is 220 g/mol. The summed E-state index contributed by atoms with van der Waals surface area (Å²) >= 11 is 0. The third kappa shape index (κ3) is 3.87. The molecule has 16 heavy (non-hydrogen) atoms. The highest BCUT2D eigenvalue weighted by atomic mass is 16.5. The molecule has 0 atom stereocenters. The highest BCUT2D eigenvalue weighted by Gasteiger charge is 1.93. The van der Waals surface area contributed by atoms with Gasteiger partial charge >= 0.3 is 0 Å². The molecule has 0 aliphatic heterocycles. The van der Waals surface area contributed by atoms with Gasteiger partial charge in [-0.1, -0.05) is 6.07 Å². The number of carbonyl (C=O) groups is 1. The lowest BCUT2D eigenvalue weighted by Crippen LogP contribution is -1.95. The Morgan fingerprint density at radius 3 is 2.81 bits per heavy atom. The monoisotopic (exact) mass is 220 g/mol. The van der Waals surface area contributed by atoms with Gasteiger partial charge in [-0.05, 0) is 19.1 Å². The van der Waals surface area contributed by atoms with E-state index in [2.05, 4.69) is 19.8 Å². The van der Waals surface area contributed by atoms with E-state index in [4.69, 9.17) is 0 Å². The van der Waals surface area contributed by atoms with Crippen LogP contribution in [-0.2, 0) is 9.53 Å². The highest BCUT2D eigenvalue weighted by Crippen LogP contribution is 1.97. The molecule has 0 N–H and O–H groups in total. The lowest BCUT2D eigenvalue weighted by molar-refractivity contribution is -0.128. The molecule has 0 saturated heterocycles. The van der Waals surface area contributed by atoms with Crippen LogP contribution in [0.1, 0.15) is 6.92 Å². The fraction of sp³-hybridized carbons (Fsp3) is 0.200. The van der Waals surface area contributed by atoms with Crippen molar-refractivity contribution in [2.75, 3.05) is 6.61 Å². The maximum Gasteiger partial charge on any atom is 0.293 e. The Hall–Kier alpha value is -2.24. The number of ether oxygens (including phenoxy) is 1. The van der Waals surface area contributed by atoms with Crippen LogP contribution in [0.2, 0.25) is 0 Å². The van der Waals surface area contributed by atoms with Gasteiger partial charge in [-0.15, -0.1) is 0 Å². The number of hydrogen-bond acceptors (Lipinski definition) is 5. The molecule has 0 aromatic carbocycles. The van der Waals surface area contributed by atoms with Crippen molar-refractivity contribution >= 4 is 6.47 Å². The summed E-state index contributed by atoms with van der Waals surface area (Å²) in [5, 5.41) is 3.93. The van der Waals surface area contributed by atoms with Crippen LogP contribution in [0, 0.1) is 0 Å². The Kier molecular flexibility index (Phi) is 5.25. The van der Waals surface area contributed by atoms with Gasteiger partial charge in [-0.25, -0.2) is 14.6 Å². The van der Waals surface area contributed by atoms with Crippen LogP contribution in [0.3, 0.4) is 0 Å². The van der Waals surface area contributed by atoms with Crippen LogP contribution in [-0.4, -0.2) is 32.8 Å². The minimum atomic E-state index is 0.431. The normalized spacial score (nSPS) is 8.81. The predicted octanol–water partition coefficient (Wildman–Crippen LogP) is 0.842. The number of pyridine rings is 1. The SMILES string of the molecule is CCOC=O.c1ccc(-n2cncn2)nc1. The van der Waals surface area contributed by atoms with E-state index in [-0.39, 0.29) is 0 Å². The molecule has 0 aliphatic rings. The van der Waals surface area contributed by atoms with Crippen LogP contribution in [0.25, 0.3) is 5.82 Å². The third-order valence-electron chi connectivity index (χ3n) is 1.54. The molecule has 6 heteroatoms. The number of carbonyl (C=O) groups excluding carboxylic acids is 1. The molecule has 0 fully saturated rings. The molecule has 0 aliphatic carbocycles. The molecule has 0 radical (unpaired) electrons. The van der Waals surface area contributed by atoms with Crippen LogP contribution in [0.5, 0.6) is 0 Å². The van der Waals surface area contributed by atoms with E-state index in [1.807, 2.05) is 18.2 Å². The molecule has 0 unspecified atom stereocenters. The van der Waals surface area contributed by atoms with Crippen LogP contribution < -0.4 is 0 Å². The van der Waals surface area contributed by atoms with Gasteiger partial charge < -0.3 is 4.74 Å². The van der Waals surface area contributed by atoms with Crippen molar-refractivity contribution in [3.63, 3.8) is 0 Å². The van der Waals surface area contributed by atoms with E-state index in [1.165, 1.54) is 6.33 Å². The van der Waals surface area contributed by atoms with Crippen molar-refractivity contribution in [3.8, 4) is 5.82 Å². The van der Waals surface area contributed by atoms with Gasteiger partial charge in [-0.3, -0.25) is 4.79 Å². The Morgan fingerprint density at radius 2 is 2.38 bits per heavy atom. The van der Waals surface area contributed by atoms with Gasteiger partial charge in [0.15, 0.2) is 5.82 Å². The standard InChI is InChI=1S/C7H6N4.C3H6O2/c1-2-4-9-7(3-1)11-6-8-5-10-11;1-2-5-3-4/h1-6H;3H,2H2,1H3. The Bertz CT molecular complexity index is 388. The first kappa shape index (κ1) is 11.8. The number of hydrogen-bond donors (Lipinski definition) is 0. The molecular formula is C10H12N4O2. The number of aromatic nitrogens is 4. The molecule has 2 rings (SSSR count). The summed E-state index contributed by atoms with van der Waals surface area (Å²) in [6, 6.07) is 5.64. The van der Waals surface area contributed by atoms with Gasteiger partial charge in [0.05, 0.1) is 6.61 Å². The summed E-state index contributed by atoms with van der Waals surface area (Å²) in [7, 11) is 0. The Morgan fingerprint density at radius 1 is 1.50 bits per heavy atom. The zero-order chi connectivity index (χ0) is 11.6. The first-order valence-electron chi connectivity index (χ1n) is 4.69. The smallest absolute Gasteiger partial charge is 0.293 e. The Labute approximate surface area is 92.9 Å². The summed E-state index contributed by atoms with van der Waals surface area (Å²) in [4.78, 5) is 17.1. The molecule has 2 heterocycles. The van der Waals surface area contributed by atoms with Gasteiger partial charge in [0.25, 0.3) is 6.47 Å². The van der Waals surface area contributed by atoms with Crippen LogP contribution >= 0.6 is 0 Å². The van der Waals surface area contributed by atoms with Crippen molar-refractivity contribution in [2.24, 2.45) is 0 Å². The lowest BCUT2D eigenvalue weighted by atomic mass is 10.5. The average Bonchev–Trinajstić information content (AvgIpc) is 2.86. The van der Waals surface area contributed by atoms with Gasteiger partial charge in [-0.2, -0.15) is 5.10 Å². The third-order valence-corrected chi connectivity index (χ3v) is 1.54. The lowest BCUT2D eigenvalue weighted by Gasteiger charge is -1.95. The predicted molar refractivity (Wildman–Crippen MR) is 56.8 cm³/mol. The Balaban J connectivity index is 0.000000221. The molecule has 2 aromatic rings. The largest absolute Gasteiger partial charge is 0.468 e. The molecule has 2 aromatic heterocycles. The van der Waals surface area contributed by atoms with Crippen LogP contribution in [0.4, 0.5) is 0 Å². The highest BCUT2D eigenvalue weighted by molar-refractivity contribution is 5.36. The molecule has 0 bridgehead atoms. The van der Waals surface area contributed by atoms with Crippen molar-refractivity contribution in [3.05, 3.63) is 37.1 Å². The van der Waals surface area contributed by atoms with Crippen molar-refractivity contribution in [1.82, 2.24) is 19.7 Å². The maximum atomic E-state index is 9.18. The van der Waals surface area contributed by atoms with Crippen LogP contribution in [0.15, 0.2) is 37.1 Å². The fourth-order valence-corrected chi connectivity index (χ4v) is 0.884. The number of nitrogens with zero attached hydrogens (tertiary/aromatic N) is 4. The molecule has 0 spiro atoms. The van der Waals surface area contributed by atoms with Gasteiger partial charge in [0.2, 0.25) is 0 Å². The fourth-order valence-electron chi connectivity index (χ4n) is 0.884. The summed E-state index contributed by atoms with van der Waals surface area (Å²) in [5.41, 5.74) is 0. The van der Waals surface area contributed by atoms with Gasteiger partial charge in [0, 0.05) is 6.20 Å². The molecule has 6 nitrogen and oxygen atoms in total. The first-order valence-corrected chi connectivity index (χ1v) is 4.69. The second-order valence-electron chi connectivity index (χ2n) is 2.58. The molecular weight excluding hydrogens is 208 g/mol. The molecule has 84 valence electrons. The van der Waals surface area contributed by atoms with E-state index in [0.29, 0.717) is 13.1 Å².